The molecule has 2 unspecified atom stereocenters. The molecule has 1 aromatic rings. The predicted molar refractivity (Wildman–Crippen MR) is 90.9 cm³/mol. The van der Waals surface area contributed by atoms with Crippen molar-refractivity contribution >= 4 is 23.1 Å². The number of rotatable bonds is 5. The molecular formula is C19H21NO4. The molecule has 2 rings (SSSR count). The molecule has 0 spiro atoms. The van der Waals surface area contributed by atoms with E-state index in [2.05, 4.69) is 4.99 Å². The van der Waals surface area contributed by atoms with E-state index in [0.29, 0.717) is 0 Å². The lowest BCUT2D eigenvalue weighted by molar-refractivity contribution is -0.115. The highest BCUT2D eigenvalue weighted by Crippen LogP contribution is 2.47. The van der Waals surface area contributed by atoms with Gasteiger partial charge < -0.3 is 4.74 Å². The smallest absolute Gasteiger partial charge is 0.208 e. The quantitative estimate of drug-likeness (QED) is 0.613. The van der Waals surface area contributed by atoms with Crippen molar-refractivity contribution in [3.63, 3.8) is 0 Å². The van der Waals surface area contributed by atoms with E-state index < -0.39 is 70.5 Å². The summed E-state index contributed by atoms with van der Waals surface area (Å²) in [5.74, 6) is -4.52. The monoisotopic (exact) mass is 333 g/mol. The summed E-state index contributed by atoms with van der Waals surface area (Å²) in [4.78, 5) is 40.4. The highest BCUT2D eigenvalue weighted by atomic mass is 16.5. The molecule has 1 aliphatic heterocycles. The minimum Gasteiger partial charge on any atom is -0.470 e. The molecule has 0 bridgehead atoms. The van der Waals surface area contributed by atoms with Gasteiger partial charge in [-0.2, -0.15) is 0 Å². The number of hydrogen-bond donors (Lipinski definition) is 0. The number of Topliss-reactive ketones (excluding diaryl/α,β-unsaturated/α-hetero) is 3. The fourth-order valence-electron chi connectivity index (χ4n) is 2.66. The summed E-state index contributed by atoms with van der Waals surface area (Å²) >= 11 is 0. The Bertz CT molecular complexity index is 1020. The number of benzene rings is 1. The van der Waals surface area contributed by atoms with E-state index >= 15 is 0 Å². The van der Waals surface area contributed by atoms with Gasteiger partial charge in [-0.3, -0.25) is 14.4 Å². The van der Waals surface area contributed by atoms with E-state index in [0.717, 1.165) is 20.8 Å². The van der Waals surface area contributed by atoms with Crippen LogP contribution in [-0.2, 0) is 19.1 Å². The number of nitrogens with zero attached hydrogens (tertiary/aromatic N) is 1. The molecule has 1 aromatic carbocycles. The van der Waals surface area contributed by atoms with Gasteiger partial charge >= 0.3 is 0 Å². The summed E-state index contributed by atoms with van der Waals surface area (Å²) in [5, 5.41) is 0. The SMILES string of the molecule is [2H]c1c([2H])c([2H])c(C2([2H])C(C(C)=O)=C(C)OC2(C)N=C(C(C)=O)C(C)=O)c([2H])c1[2H]. The van der Waals surface area contributed by atoms with E-state index in [1.54, 1.807) is 0 Å². The molecule has 5 nitrogen and oxygen atoms in total. The highest BCUT2D eigenvalue weighted by molar-refractivity contribution is 6.65. The van der Waals surface area contributed by atoms with Gasteiger partial charge in [0.2, 0.25) is 5.72 Å². The van der Waals surface area contributed by atoms with Crippen molar-refractivity contribution in [3.8, 4) is 0 Å². The molecule has 0 aliphatic carbocycles. The highest BCUT2D eigenvalue weighted by Gasteiger charge is 2.48. The van der Waals surface area contributed by atoms with Crippen LogP contribution in [0.25, 0.3) is 0 Å². The lowest BCUT2D eigenvalue weighted by Gasteiger charge is -2.29. The lowest BCUT2D eigenvalue weighted by atomic mass is 9.83. The Kier molecular flexibility index (Phi) is 3.01. The van der Waals surface area contributed by atoms with Crippen LogP contribution in [0, 0.1) is 0 Å². The molecule has 2 atom stereocenters. The molecule has 0 amide bonds. The number of allylic oxidation sites excluding steroid dienone is 1. The van der Waals surface area contributed by atoms with Crippen LogP contribution in [0.2, 0.25) is 0 Å². The van der Waals surface area contributed by atoms with Gasteiger partial charge in [-0.05, 0) is 26.3 Å². The maximum atomic E-state index is 12.5. The summed E-state index contributed by atoms with van der Waals surface area (Å²) in [6, 6.07) is -3.48. The van der Waals surface area contributed by atoms with Crippen LogP contribution >= 0.6 is 0 Å². The third kappa shape index (κ3) is 3.20. The van der Waals surface area contributed by atoms with Crippen molar-refractivity contribution < 1.29 is 27.3 Å². The molecule has 0 fully saturated rings. The molecule has 0 saturated heterocycles. The Hall–Kier alpha value is -2.56. The van der Waals surface area contributed by atoms with Gasteiger partial charge in [-0.15, -0.1) is 0 Å². The van der Waals surface area contributed by atoms with Crippen molar-refractivity contribution in [2.24, 2.45) is 4.99 Å². The topological polar surface area (TPSA) is 72.8 Å². The van der Waals surface area contributed by atoms with Crippen LogP contribution in [0.4, 0.5) is 0 Å². The molecule has 126 valence electrons. The van der Waals surface area contributed by atoms with Gasteiger partial charge in [0.1, 0.15) is 11.5 Å². The molecule has 1 heterocycles. The zero-order valence-corrected chi connectivity index (χ0v) is 14.1. The number of carbonyl (C=O) groups is 3. The van der Waals surface area contributed by atoms with E-state index in [1.165, 1.54) is 13.8 Å². The Morgan fingerprint density at radius 2 is 1.71 bits per heavy atom. The van der Waals surface area contributed by atoms with Gasteiger partial charge in [0.25, 0.3) is 0 Å². The molecule has 0 N–H and O–H groups in total. The average molecular weight is 333 g/mol. The summed E-state index contributed by atoms with van der Waals surface area (Å²) < 4.78 is 55.1. The van der Waals surface area contributed by atoms with E-state index in [-0.39, 0.29) is 11.3 Å². The molecule has 0 aromatic heterocycles. The Morgan fingerprint density at radius 1 is 1.17 bits per heavy atom. The second-order valence-corrected chi connectivity index (χ2v) is 5.52. The first-order chi connectivity index (χ1) is 13.6. The number of aliphatic imine (C=N–C) groups is 1. The largest absolute Gasteiger partial charge is 0.470 e. The Labute approximate surface area is 149 Å². The number of hydrogen-bond acceptors (Lipinski definition) is 5. The fraction of sp³-hybridized carbons (Fsp3) is 0.368. The van der Waals surface area contributed by atoms with Crippen molar-refractivity contribution in [1.29, 1.82) is 0 Å². The standard InChI is InChI=1S/C19H21NO4/c1-11(21)16-14(4)24-19(5,20-18(12(2)22)13(3)23)17(16)15-9-7-6-8-10-15/h6-10,17H,1-5H3/i6D,7D,8D,9D,10D,17D. The van der Waals surface area contributed by atoms with Crippen molar-refractivity contribution in [2.45, 2.75) is 46.2 Å². The summed E-state index contributed by atoms with van der Waals surface area (Å²) in [7, 11) is 0. The summed E-state index contributed by atoms with van der Waals surface area (Å²) in [5.41, 5.74) is -3.47. The minimum atomic E-state index is -2.42. The summed E-state index contributed by atoms with van der Waals surface area (Å²) in [6.45, 7) is 5.94. The lowest BCUT2D eigenvalue weighted by Crippen LogP contribution is -2.35. The molecule has 1 aliphatic rings. The first-order valence-electron chi connectivity index (χ1n) is 10.2. The van der Waals surface area contributed by atoms with Gasteiger partial charge in [0, 0.05) is 20.8 Å². The third-order valence-electron chi connectivity index (χ3n) is 3.51. The maximum Gasteiger partial charge on any atom is 0.208 e. The normalized spacial score (nSPS) is 29.4. The molecule has 0 saturated carbocycles. The first kappa shape index (κ1) is 11.1. The third-order valence-corrected chi connectivity index (χ3v) is 3.51. The van der Waals surface area contributed by atoms with Gasteiger partial charge in [-0.25, -0.2) is 4.99 Å². The summed E-state index contributed by atoms with van der Waals surface area (Å²) in [6.07, 6.45) is 0. The van der Waals surface area contributed by atoms with Gasteiger partial charge in [0.05, 0.1) is 12.7 Å². The van der Waals surface area contributed by atoms with Crippen LogP contribution in [0.1, 0.15) is 54.3 Å². The second kappa shape index (κ2) is 6.51. The predicted octanol–water partition coefficient (Wildman–Crippen LogP) is 3.00. The number of carbonyl (C=O) groups excluding carboxylic acids is 3. The molecule has 24 heavy (non-hydrogen) atoms. The Morgan fingerprint density at radius 3 is 2.17 bits per heavy atom. The molecular weight excluding hydrogens is 306 g/mol. The van der Waals surface area contributed by atoms with E-state index in [4.69, 9.17) is 11.6 Å². The zero-order chi connectivity index (χ0) is 23.3. The van der Waals surface area contributed by atoms with Crippen LogP contribution in [-0.4, -0.2) is 28.8 Å². The average Bonchev–Trinajstić information content (AvgIpc) is 2.82. The maximum absolute atomic E-state index is 12.5. The number of ether oxygens (including phenoxy) is 1. The van der Waals surface area contributed by atoms with Crippen molar-refractivity contribution in [2.75, 3.05) is 0 Å². The van der Waals surface area contributed by atoms with Crippen LogP contribution < -0.4 is 0 Å². The van der Waals surface area contributed by atoms with Crippen molar-refractivity contribution in [1.82, 2.24) is 0 Å². The minimum absolute atomic E-state index is 0.0537. The van der Waals surface area contributed by atoms with Gasteiger partial charge in [0.15, 0.2) is 17.3 Å². The van der Waals surface area contributed by atoms with E-state index in [9.17, 15) is 15.8 Å². The van der Waals surface area contributed by atoms with Crippen LogP contribution in [0.3, 0.4) is 0 Å². The number of ketones is 3. The molecule has 5 heteroatoms. The van der Waals surface area contributed by atoms with Crippen molar-refractivity contribution in [3.05, 3.63) is 47.1 Å². The fourth-order valence-corrected chi connectivity index (χ4v) is 2.66. The van der Waals surface area contributed by atoms with Crippen LogP contribution in [0.5, 0.6) is 0 Å². The first-order valence-corrected chi connectivity index (χ1v) is 7.22. The van der Waals surface area contributed by atoms with Gasteiger partial charge in [-0.1, -0.05) is 30.2 Å². The molecule has 0 radical (unpaired) electrons. The second-order valence-electron chi connectivity index (χ2n) is 5.52. The van der Waals surface area contributed by atoms with E-state index in [1.807, 2.05) is 0 Å². The zero-order valence-electron chi connectivity index (χ0n) is 20.1. The Balaban J connectivity index is 3.06. The van der Waals surface area contributed by atoms with Crippen LogP contribution in [0.15, 0.2) is 46.5 Å².